The molecular formula is C11H19BrN2S. The molecule has 0 aliphatic carbocycles. The molecule has 1 rings (SSSR count). The van der Waals surface area contributed by atoms with Crippen LogP contribution in [0.25, 0.3) is 0 Å². The quantitative estimate of drug-likeness (QED) is 0.895. The largest absolute Gasteiger partial charge is 0.326 e. The Labute approximate surface area is 104 Å². The summed E-state index contributed by atoms with van der Waals surface area (Å²) in [5, 5.41) is 3.39. The molecule has 2 nitrogen and oxygen atoms in total. The minimum absolute atomic E-state index is 0.170. The van der Waals surface area contributed by atoms with E-state index in [2.05, 4.69) is 54.2 Å². The van der Waals surface area contributed by atoms with Crippen LogP contribution >= 0.6 is 27.3 Å². The molecule has 3 N–H and O–H groups in total. The van der Waals surface area contributed by atoms with E-state index >= 15 is 0 Å². The van der Waals surface area contributed by atoms with Gasteiger partial charge in [-0.25, -0.2) is 0 Å². The summed E-state index contributed by atoms with van der Waals surface area (Å²) in [6.07, 6.45) is 0. The Morgan fingerprint density at radius 1 is 1.47 bits per heavy atom. The number of nitrogens with one attached hydrogen (secondary N) is 1. The normalized spacial score (nSPS) is 14.2. The maximum atomic E-state index is 6.05. The number of hydrogen-bond donors (Lipinski definition) is 2. The van der Waals surface area contributed by atoms with Gasteiger partial charge < -0.3 is 11.1 Å². The summed E-state index contributed by atoms with van der Waals surface area (Å²) < 4.78 is 1.18. The van der Waals surface area contributed by atoms with E-state index in [4.69, 9.17) is 5.73 Å². The summed E-state index contributed by atoms with van der Waals surface area (Å²) in [5.41, 5.74) is 6.22. The van der Waals surface area contributed by atoms with Gasteiger partial charge in [-0.2, -0.15) is 0 Å². The first-order valence-electron chi connectivity index (χ1n) is 5.10. The first kappa shape index (κ1) is 13.2. The summed E-state index contributed by atoms with van der Waals surface area (Å²) in [7, 11) is 0. The number of rotatable bonds is 4. The third-order valence-electron chi connectivity index (χ3n) is 2.40. The molecule has 1 unspecified atom stereocenters. The first-order chi connectivity index (χ1) is 6.89. The highest BCUT2D eigenvalue weighted by atomic mass is 79.9. The van der Waals surface area contributed by atoms with Crippen molar-refractivity contribution in [1.29, 1.82) is 0 Å². The molecule has 0 saturated heterocycles. The average Bonchev–Trinajstić information content (AvgIpc) is 2.49. The fourth-order valence-corrected chi connectivity index (χ4v) is 2.56. The van der Waals surface area contributed by atoms with Gasteiger partial charge >= 0.3 is 0 Å². The van der Waals surface area contributed by atoms with Crippen LogP contribution in [-0.4, -0.2) is 12.6 Å². The van der Waals surface area contributed by atoms with E-state index in [-0.39, 0.29) is 11.5 Å². The molecule has 86 valence electrons. The lowest BCUT2D eigenvalue weighted by atomic mass is 9.87. The van der Waals surface area contributed by atoms with Crippen LogP contribution in [0.2, 0.25) is 0 Å². The number of halogens is 1. The van der Waals surface area contributed by atoms with Crippen molar-refractivity contribution in [2.45, 2.75) is 33.4 Å². The Morgan fingerprint density at radius 2 is 2.13 bits per heavy atom. The molecule has 1 aromatic rings. The van der Waals surface area contributed by atoms with Gasteiger partial charge in [-0.1, -0.05) is 20.8 Å². The van der Waals surface area contributed by atoms with E-state index in [9.17, 15) is 0 Å². The van der Waals surface area contributed by atoms with Gasteiger partial charge in [-0.3, -0.25) is 0 Å². The lowest BCUT2D eigenvalue weighted by molar-refractivity contribution is 0.309. The van der Waals surface area contributed by atoms with E-state index in [1.54, 1.807) is 11.3 Å². The van der Waals surface area contributed by atoms with Crippen LogP contribution in [0.1, 0.15) is 25.6 Å². The minimum Gasteiger partial charge on any atom is -0.326 e. The monoisotopic (exact) mass is 290 g/mol. The van der Waals surface area contributed by atoms with Crippen molar-refractivity contribution in [3.8, 4) is 0 Å². The Kier molecular flexibility index (Phi) is 4.77. The van der Waals surface area contributed by atoms with Crippen LogP contribution in [-0.2, 0) is 6.54 Å². The highest BCUT2D eigenvalue weighted by Crippen LogP contribution is 2.22. The second kappa shape index (κ2) is 5.43. The van der Waals surface area contributed by atoms with Gasteiger partial charge in [0.1, 0.15) is 0 Å². The molecule has 4 heteroatoms. The lowest BCUT2D eigenvalue weighted by Crippen LogP contribution is -2.43. The second-order valence-electron chi connectivity index (χ2n) is 4.81. The van der Waals surface area contributed by atoms with Crippen molar-refractivity contribution in [2.75, 3.05) is 6.54 Å². The standard InChI is InChI=1S/C11H19BrN2S/c1-11(2,3)9(13)7-14-6-8-4-5-10(12)15-8/h4-5,9,14H,6-7,13H2,1-3H3. The fourth-order valence-electron chi connectivity index (χ4n) is 1.10. The molecule has 0 saturated carbocycles. The maximum absolute atomic E-state index is 6.05. The molecule has 1 aromatic heterocycles. The van der Waals surface area contributed by atoms with E-state index < -0.39 is 0 Å². The molecule has 0 aliphatic heterocycles. The van der Waals surface area contributed by atoms with Gasteiger partial charge in [0.25, 0.3) is 0 Å². The van der Waals surface area contributed by atoms with Gasteiger partial charge in [0.2, 0.25) is 0 Å². The molecule has 0 spiro atoms. The van der Waals surface area contributed by atoms with E-state index in [1.807, 2.05) is 0 Å². The molecule has 0 aromatic carbocycles. The van der Waals surface area contributed by atoms with Crippen LogP contribution in [0.5, 0.6) is 0 Å². The molecule has 1 atom stereocenters. The van der Waals surface area contributed by atoms with Crippen LogP contribution < -0.4 is 11.1 Å². The van der Waals surface area contributed by atoms with Gasteiger partial charge in [0.15, 0.2) is 0 Å². The van der Waals surface area contributed by atoms with E-state index in [0.29, 0.717) is 0 Å². The summed E-state index contributed by atoms with van der Waals surface area (Å²) in [6.45, 7) is 8.27. The molecule has 0 amide bonds. The van der Waals surface area contributed by atoms with Crippen LogP contribution in [0.4, 0.5) is 0 Å². The predicted octanol–water partition coefficient (Wildman–Crippen LogP) is 2.97. The van der Waals surface area contributed by atoms with Crippen molar-refractivity contribution in [3.05, 3.63) is 20.8 Å². The van der Waals surface area contributed by atoms with Crippen LogP contribution in [0.15, 0.2) is 15.9 Å². The van der Waals surface area contributed by atoms with Gasteiger partial charge in [-0.15, -0.1) is 11.3 Å². The smallest absolute Gasteiger partial charge is 0.0701 e. The number of nitrogens with two attached hydrogens (primary N) is 1. The Balaban J connectivity index is 2.28. The first-order valence-corrected chi connectivity index (χ1v) is 6.71. The average molecular weight is 291 g/mol. The molecule has 1 heterocycles. The zero-order valence-corrected chi connectivity index (χ0v) is 11.9. The lowest BCUT2D eigenvalue weighted by Gasteiger charge is -2.27. The zero-order valence-electron chi connectivity index (χ0n) is 9.51. The van der Waals surface area contributed by atoms with Crippen molar-refractivity contribution in [1.82, 2.24) is 5.32 Å². The van der Waals surface area contributed by atoms with Crippen molar-refractivity contribution in [2.24, 2.45) is 11.1 Å². The Hall–Kier alpha value is 0.1000. The summed E-state index contributed by atoms with van der Waals surface area (Å²) in [4.78, 5) is 1.34. The summed E-state index contributed by atoms with van der Waals surface area (Å²) >= 11 is 5.21. The van der Waals surface area contributed by atoms with E-state index in [0.717, 1.165) is 13.1 Å². The summed E-state index contributed by atoms with van der Waals surface area (Å²) in [6, 6.07) is 4.40. The SMILES string of the molecule is CC(C)(C)C(N)CNCc1ccc(Br)s1. The van der Waals surface area contributed by atoms with Gasteiger partial charge in [0.05, 0.1) is 3.79 Å². The molecule has 15 heavy (non-hydrogen) atoms. The fraction of sp³-hybridized carbons (Fsp3) is 0.636. The third-order valence-corrected chi connectivity index (χ3v) is 4.03. The number of hydrogen-bond acceptors (Lipinski definition) is 3. The predicted molar refractivity (Wildman–Crippen MR) is 71.2 cm³/mol. The second-order valence-corrected chi connectivity index (χ2v) is 7.36. The molecular weight excluding hydrogens is 272 g/mol. The van der Waals surface area contributed by atoms with E-state index in [1.165, 1.54) is 8.66 Å². The Morgan fingerprint density at radius 3 is 2.60 bits per heavy atom. The van der Waals surface area contributed by atoms with Gasteiger partial charge in [0, 0.05) is 24.0 Å². The summed E-state index contributed by atoms with van der Waals surface area (Å²) in [5.74, 6) is 0. The third kappa shape index (κ3) is 4.64. The zero-order chi connectivity index (χ0) is 11.5. The minimum atomic E-state index is 0.170. The molecule has 0 bridgehead atoms. The Bertz CT molecular complexity index is 304. The highest BCUT2D eigenvalue weighted by Gasteiger charge is 2.19. The number of thiophene rings is 1. The van der Waals surface area contributed by atoms with Crippen molar-refractivity contribution >= 4 is 27.3 Å². The van der Waals surface area contributed by atoms with Crippen LogP contribution in [0, 0.1) is 5.41 Å². The molecule has 0 fully saturated rings. The maximum Gasteiger partial charge on any atom is 0.0701 e. The molecule has 0 aliphatic rings. The van der Waals surface area contributed by atoms with Crippen molar-refractivity contribution in [3.63, 3.8) is 0 Å². The highest BCUT2D eigenvalue weighted by molar-refractivity contribution is 9.11. The van der Waals surface area contributed by atoms with Crippen LogP contribution in [0.3, 0.4) is 0 Å². The topological polar surface area (TPSA) is 38.0 Å². The van der Waals surface area contributed by atoms with Crippen molar-refractivity contribution < 1.29 is 0 Å². The molecule has 0 radical (unpaired) electrons. The van der Waals surface area contributed by atoms with Gasteiger partial charge in [-0.05, 0) is 33.5 Å².